The third kappa shape index (κ3) is 3.40. The van der Waals surface area contributed by atoms with Crippen LogP contribution in [0.25, 0.3) is 5.69 Å². The van der Waals surface area contributed by atoms with Crippen LogP contribution in [0.3, 0.4) is 0 Å². The number of rotatable bonds is 4. The SMILES string of the molecule is COC(=O)[C@@]12COC[C@@H]1CN(C(=O)Cc1ccc(-n3cnnn3)cc1)C2.Cl. The van der Waals surface area contributed by atoms with Gasteiger partial charge in [-0.2, -0.15) is 0 Å². The zero-order chi connectivity index (χ0) is 18.1. The molecule has 0 aliphatic carbocycles. The Morgan fingerprint density at radius 3 is 2.78 bits per heavy atom. The molecular weight excluding hydrogens is 374 g/mol. The number of esters is 1. The molecule has 0 N–H and O–H groups in total. The molecule has 1 amide bonds. The minimum Gasteiger partial charge on any atom is -0.468 e. The number of ether oxygens (including phenoxy) is 2. The van der Waals surface area contributed by atoms with Gasteiger partial charge in [-0.1, -0.05) is 12.1 Å². The van der Waals surface area contributed by atoms with Gasteiger partial charge in [0.05, 0.1) is 32.4 Å². The second kappa shape index (κ2) is 7.61. The molecule has 0 saturated carbocycles. The molecule has 0 unspecified atom stereocenters. The Morgan fingerprint density at radius 2 is 2.11 bits per heavy atom. The van der Waals surface area contributed by atoms with Crippen LogP contribution in [0, 0.1) is 11.3 Å². The van der Waals surface area contributed by atoms with Gasteiger partial charge in [0.15, 0.2) is 0 Å². The zero-order valence-electron chi connectivity index (χ0n) is 14.8. The summed E-state index contributed by atoms with van der Waals surface area (Å²) >= 11 is 0. The number of fused-ring (bicyclic) bond motifs is 1. The second-order valence-electron chi connectivity index (χ2n) is 6.73. The van der Waals surface area contributed by atoms with Crippen molar-refractivity contribution >= 4 is 24.3 Å². The fourth-order valence-corrected chi connectivity index (χ4v) is 3.75. The standard InChI is InChI=1S/C17H19N5O4.ClH/c1-25-16(24)17-9-21(7-13(17)8-26-10-17)15(23)6-12-2-4-14(5-3-12)22-11-18-19-20-22;/h2-5,11,13H,6-10H2,1H3;1H/t13-,17-;/m0./s1. The van der Waals surface area contributed by atoms with Crippen molar-refractivity contribution in [1.82, 2.24) is 25.1 Å². The molecule has 2 saturated heterocycles. The highest BCUT2D eigenvalue weighted by Crippen LogP contribution is 2.42. The summed E-state index contributed by atoms with van der Waals surface area (Å²) in [6.45, 7) is 1.68. The van der Waals surface area contributed by atoms with E-state index in [0.717, 1.165) is 11.3 Å². The molecule has 1 aromatic carbocycles. The highest BCUT2D eigenvalue weighted by atomic mass is 35.5. The van der Waals surface area contributed by atoms with Crippen molar-refractivity contribution < 1.29 is 19.1 Å². The predicted molar refractivity (Wildman–Crippen MR) is 95.4 cm³/mol. The number of aromatic nitrogens is 4. The number of methoxy groups -OCH3 is 1. The van der Waals surface area contributed by atoms with Crippen molar-refractivity contribution in [2.24, 2.45) is 11.3 Å². The highest BCUT2D eigenvalue weighted by Gasteiger charge is 2.57. The van der Waals surface area contributed by atoms with Gasteiger partial charge >= 0.3 is 5.97 Å². The number of nitrogens with zero attached hydrogens (tertiary/aromatic N) is 5. The van der Waals surface area contributed by atoms with E-state index in [2.05, 4.69) is 15.5 Å². The Labute approximate surface area is 162 Å². The summed E-state index contributed by atoms with van der Waals surface area (Å²) in [5.41, 5.74) is 1.00. The van der Waals surface area contributed by atoms with Gasteiger partial charge in [0.25, 0.3) is 0 Å². The van der Waals surface area contributed by atoms with Crippen molar-refractivity contribution in [3.05, 3.63) is 36.2 Å². The smallest absolute Gasteiger partial charge is 0.316 e. The van der Waals surface area contributed by atoms with Crippen LogP contribution in [0.5, 0.6) is 0 Å². The molecule has 0 radical (unpaired) electrons. The Kier molecular flexibility index (Phi) is 5.43. The molecule has 1 aromatic heterocycles. The molecule has 144 valence electrons. The summed E-state index contributed by atoms with van der Waals surface area (Å²) in [6.07, 6.45) is 1.79. The van der Waals surface area contributed by atoms with Crippen molar-refractivity contribution in [2.75, 3.05) is 33.4 Å². The van der Waals surface area contributed by atoms with Crippen LogP contribution >= 0.6 is 12.4 Å². The van der Waals surface area contributed by atoms with Crippen LogP contribution in [0.15, 0.2) is 30.6 Å². The molecule has 0 spiro atoms. The van der Waals surface area contributed by atoms with E-state index >= 15 is 0 Å². The molecule has 10 heteroatoms. The van der Waals surface area contributed by atoms with Gasteiger partial charge in [-0.15, -0.1) is 17.5 Å². The molecule has 2 aliphatic rings. The molecule has 4 rings (SSSR count). The monoisotopic (exact) mass is 393 g/mol. The van der Waals surface area contributed by atoms with Crippen LogP contribution in [-0.4, -0.2) is 70.4 Å². The van der Waals surface area contributed by atoms with Gasteiger partial charge in [0.1, 0.15) is 11.7 Å². The van der Waals surface area contributed by atoms with Crippen LogP contribution in [0.1, 0.15) is 5.56 Å². The summed E-state index contributed by atoms with van der Waals surface area (Å²) in [5, 5.41) is 11.0. The molecule has 27 heavy (non-hydrogen) atoms. The van der Waals surface area contributed by atoms with E-state index in [9.17, 15) is 9.59 Å². The largest absolute Gasteiger partial charge is 0.468 e. The number of hydrogen-bond acceptors (Lipinski definition) is 7. The molecule has 2 aliphatic heterocycles. The molecular formula is C17H20ClN5O4. The van der Waals surface area contributed by atoms with Gasteiger partial charge in [-0.25, -0.2) is 4.68 Å². The van der Waals surface area contributed by atoms with Gasteiger partial charge < -0.3 is 14.4 Å². The lowest BCUT2D eigenvalue weighted by Crippen LogP contribution is -2.41. The molecule has 3 heterocycles. The maximum Gasteiger partial charge on any atom is 0.316 e. The summed E-state index contributed by atoms with van der Waals surface area (Å²) in [7, 11) is 1.38. The fourth-order valence-electron chi connectivity index (χ4n) is 3.75. The molecule has 9 nitrogen and oxygen atoms in total. The molecule has 2 aromatic rings. The first-order valence-electron chi connectivity index (χ1n) is 8.38. The minimum absolute atomic E-state index is 0. The van der Waals surface area contributed by atoms with Crippen LogP contribution in [0.4, 0.5) is 0 Å². The Bertz CT molecular complexity index is 813. The molecule has 2 fully saturated rings. The Hall–Kier alpha value is -2.52. The number of tetrazole rings is 1. The number of halogens is 1. The topological polar surface area (TPSA) is 99.4 Å². The average Bonchev–Trinajstić information content (AvgIpc) is 3.37. The normalized spacial score (nSPS) is 23.6. The third-order valence-corrected chi connectivity index (χ3v) is 5.22. The van der Waals surface area contributed by atoms with Crippen molar-refractivity contribution in [3.8, 4) is 5.69 Å². The van der Waals surface area contributed by atoms with E-state index in [-0.39, 0.29) is 36.6 Å². The van der Waals surface area contributed by atoms with Crippen molar-refractivity contribution in [1.29, 1.82) is 0 Å². The highest BCUT2D eigenvalue weighted by molar-refractivity contribution is 5.85. The summed E-state index contributed by atoms with van der Waals surface area (Å²) in [4.78, 5) is 26.7. The fraction of sp³-hybridized carbons (Fsp3) is 0.471. The predicted octanol–water partition coefficient (Wildman–Crippen LogP) is 0.275. The Morgan fingerprint density at radius 1 is 1.33 bits per heavy atom. The van der Waals surface area contributed by atoms with E-state index in [1.807, 2.05) is 24.3 Å². The number of benzene rings is 1. The summed E-state index contributed by atoms with van der Waals surface area (Å²) in [6, 6.07) is 7.49. The van der Waals surface area contributed by atoms with Gasteiger partial charge in [0, 0.05) is 19.0 Å². The first kappa shape index (κ1) is 19.2. The van der Waals surface area contributed by atoms with E-state index in [0.29, 0.717) is 26.3 Å². The van der Waals surface area contributed by atoms with E-state index in [4.69, 9.17) is 9.47 Å². The first-order chi connectivity index (χ1) is 12.6. The lowest BCUT2D eigenvalue weighted by atomic mass is 9.81. The zero-order valence-corrected chi connectivity index (χ0v) is 15.6. The second-order valence-corrected chi connectivity index (χ2v) is 6.73. The maximum absolute atomic E-state index is 12.7. The van der Waals surface area contributed by atoms with Crippen molar-refractivity contribution in [2.45, 2.75) is 6.42 Å². The lowest BCUT2D eigenvalue weighted by Gasteiger charge is -2.23. The van der Waals surface area contributed by atoms with E-state index in [1.165, 1.54) is 13.4 Å². The van der Waals surface area contributed by atoms with Crippen LogP contribution in [0.2, 0.25) is 0 Å². The summed E-state index contributed by atoms with van der Waals surface area (Å²) in [5.74, 6) is -0.292. The third-order valence-electron chi connectivity index (χ3n) is 5.22. The quantitative estimate of drug-likeness (QED) is 0.687. The number of likely N-dealkylation sites (tertiary alicyclic amines) is 1. The van der Waals surface area contributed by atoms with Gasteiger partial charge in [0.2, 0.25) is 5.91 Å². The number of amides is 1. The van der Waals surface area contributed by atoms with Gasteiger partial charge in [-0.3, -0.25) is 9.59 Å². The van der Waals surface area contributed by atoms with Crippen LogP contribution < -0.4 is 0 Å². The average molecular weight is 394 g/mol. The van der Waals surface area contributed by atoms with Crippen molar-refractivity contribution in [3.63, 3.8) is 0 Å². The van der Waals surface area contributed by atoms with Crippen LogP contribution in [-0.2, 0) is 25.5 Å². The van der Waals surface area contributed by atoms with E-state index in [1.54, 1.807) is 9.58 Å². The lowest BCUT2D eigenvalue weighted by molar-refractivity contribution is -0.153. The first-order valence-corrected chi connectivity index (χ1v) is 8.38. The maximum atomic E-state index is 12.7. The summed E-state index contributed by atoms with van der Waals surface area (Å²) < 4.78 is 12.0. The molecule has 2 atom stereocenters. The van der Waals surface area contributed by atoms with Gasteiger partial charge in [-0.05, 0) is 28.1 Å². The Balaban J connectivity index is 0.00000210. The van der Waals surface area contributed by atoms with E-state index < -0.39 is 5.41 Å². The number of carbonyl (C=O) groups excluding carboxylic acids is 2. The minimum atomic E-state index is -0.714. The number of carbonyl (C=O) groups is 2. The molecule has 0 bridgehead atoms. The number of hydrogen-bond donors (Lipinski definition) is 0.